The number of anilines is 1. The minimum absolute atomic E-state index is 0.173. The van der Waals surface area contributed by atoms with E-state index in [0.717, 1.165) is 5.56 Å². The van der Waals surface area contributed by atoms with E-state index in [9.17, 15) is 14.4 Å². The second kappa shape index (κ2) is 12.3. The Kier molecular flexibility index (Phi) is 9.47. The summed E-state index contributed by atoms with van der Waals surface area (Å²) in [5.41, 5.74) is 4.29. The van der Waals surface area contributed by atoms with Crippen LogP contribution in [0.5, 0.6) is 5.75 Å². The first-order valence-electron chi connectivity index (χ1n) is 9.28. The highest BCUT2D eigenvalue weighted by atomic mass is 35.5. The highest BCUT2D eigenvalue weighted by molar-refractivity contribution is 6.35. The number of carbonyl (C=O) groups excluding carboxylic acids is 3. The molecule has 3 amide bonds. The van der Waals surface area contributed by atoms with E-state index in [2.05, 4.69) is 21.2 Å². The van der Waals surface area contributed by atoms with Crippen molar-refractivity contribution in [2.45, 2.75) is 6.92 Å². The number of nitrogens with one attached hydrogen (secondary N) is 3. The molecule has 2 aromatic carbocycles. The normalized spacial score (nSPS) is 10.5. The van der Waals surface area contributed by atoms with E-state index in [-0.39, 0.29) is 19.1 Å². The van der Waals surface area contributed by atoms with Crippen molar-refractivity contribution >= 4 is 41.2 Å². The number of hydrazone groups is 1. The summed E-state index contributed by atoms with van der Waals surface area (Å²) < 4.78 is 10.2. The van der Waals surface area contributed by atoms with Gasteiger partial charge >= 0.3 is 11.8 Å². The second-order valence-corrected chi connectivity index (χ2v) is 6.72. The lowest BCUT2D eigenvalue weighted by Crippen LogP contribution is -2.39. The fourth-order valence-corrected chi connectivity index (χ4v) is 2.41. The topological polar surface area (TPSA) is 118 Å². The molecule has 0 aliphatic heterocycles. The van der Waals surface area contributed by atoms with E-state index in [1.165, 1.54) is 13.3 Å². The predicted octanol–water partition coefficient (Wildman–Crippen LogP) is 1.88. The Labute approximate surface area is 184 Å². The molecule has 0 atom stereocenters. The first-order valence-corrected chi connectivity index (χ1v) is 9.66. The lowest BCUT2D eigenvalue weighted by atomic mass is 10.2. The molecule has 2 aromatic rings. The molecule has 0 saturated heterocycles. The van der Waals surface area contributed by atoms with Crippen molar-refractivity contribution in [3.05, 3.63) is 58.6 Å². The van der Waals surface area contributed by atoms with E-state index in [4.69, 9.17) is 21.1 Å². The fourth-order valence-electron chi connectivity index (χ4n) is 2.23. The average molecular weight is 447 g/mol. The van der Waals surface area contributed by atoms with Crippen LogP contribution in [0.15, 0.2) is 47.6 Å². The minimum Gasteiger partial charge on any atom is -0.484 e. The molecular weight excluding hydrogens is 424 g/mol. The van der Waals surface area contributed by atoms with E-state index in [1.807, 2.05) is 13.0 Å². The maximum Gasteiger partial charge on any atom is 0.329 e. The zero-order valence-corrected chi connectivity index (χ0v) is 17.9. The van der Waals surface area contributed by atoms with Crippen LogP contribution in [0, 0.1) is 6.92 Å². The minimum atomic E-state index is -0.881. The van der Waals surface area contributed by atoms with Crippen LogP contribution in [0.1, 0.15) is 11.1 Å². The van der Waals surface area contributed by atoms with Crippen LogP contribution < -0.4 is 20.8 Å². The Morgan fingerprint density at radius 2 is 1.84 bits per heavy atom. The summed E-state index contributed by atoms with van der Waals surface area (Å²) in [6, 6.07) is 11.9. The van der Waals surface area contributed by atoms with Crippen LogP contribution in [-0.4, -0.2) is 50.8 Å². The van der Waals surface area contributed by atoms with Crippen molar-refractivity contribution in [3.8, 4) is 5.75 Å². The van der Waals surface area contributed by atoms with Gasteiger partial charge in [-0.3, -0.25) is 14.4 Å². The maximum atomic E-state index is 12.0. The van der Waals surface area contributed by atoms with Gasteiger partial charge in [-0.2, -0.15) is 5.10 Å². The average Bonchev–Trinajstić information content (AvgIpc) is 2.75. The molecule has 0 aliphatic rings. The van der Waals surface area contributed by atoms with Gasteiger partial charge in [0.2, 0.25) is 0 Å². The summed E-state index contributed by atoms with van der Waals surface area (Å²) in [5, 5.41) is 9.37. The Morgan fingerprint density at radius 3 is 2.52 bits per heavy atom. The zero-order chi connectivity index (χ0) is 22.6. The molecule has 0 aromatic heterocycles. The molecule has 10 heteroatoms. The van der Waals surface area contributed by atoms with Gasteiger partial charge < -0.3 is 20.1 Å². The summed E-state index contributed by atoms with van der Waals surface area (Å²) in [5.74, 6) is -1.52. The zero-order valence-electron chi connectivity index (χ0n) is 17.1. The van der Waals surface area contributed by atoms with Crippen molar-refractivity contribution in [2.24, 2.45) is 5.10 Å². The van der Waals surface area contributed by atoms with E-state index in [1.54, 1.807) is 36.4 Å². The molecule has 0 heterocycles. The van der Waals surface area contributed by atoms with Crippen LogP contribution in [0.4, 0.5) is 5.69 Å². The van der Waals surface area contributed by atoms with Gasteiger partial charge in [0.05, 0.1) is 12.8 Å². The Hall–Kier alpha value is -3.43. The third-order valence-electron chi connectivity index (χ3n) is 3.88. The smallest absolute Gasteiger partial charge is 0.329 e. The molecule has 9 nitrogen and oxygen atoms in total. The Bertz CT molecular complexity index is 947. The summed E-state index contributed by atoms with van der Waals surface area (Å²) in [6.07, 6.45) is 1.37. The molecule has 0 unspecified atom stereocenters. The molecule has 0 spiro atoms. The van der Waals surface area contributed by atoms with Crippen LogP contribution in [0.2, 0.25) is 5.02 Å². The molecule has 31 heavy (non-hydrogen) atoms. The SMILES string of the molecule is COCCNC(=O)C(=O)N/N=C\c1ccc(OCC(=O)Nc2ccc(C)c(Cl)c2)cc1. The van der Waals surface area contributed by atoms with Crippen molar-refractivity contribution in [3.63, 3.8) is 0 Å². The molecule has 3 N–H and O–H groups in total. The number of aryl methyl sites for hydroxylation is 1. The molecule has 0 fully saturated rings. The third-order valence-corrected chi connectivity index (χ3v) is 4.29. The molecule has 0 radical (unpaired) electrons. The Balaban J connectivity index is 1.76. The summed E-state index contributed by atoms with van der Waals surface area (Å²) >= 11 is 6.04. The van der Waals surface area contributed by atoms with E-state index >= 15 is 0 Å². The largest absolute Gasteiger partial charge is 0.484 e. The van der Waals surface area contributed by atoms with Crippen LogP contribution >= 0.6 is 11.6 Å². The third kappa shape index (κ3) is 8.45. The molecule has 2 rings (SSSR count). The predicted molar refractivity (Wildman–Crippen MR) is 117 cm³/mol. The molecule has 164 valence electrons. The summed E-state index contributed by atoms with van der Waals surface area (Å²) in [7, 11) is 1.49. The first-order chi connectivity index (χ1) is 14.9. The van der Waals surface area contributed by atoms with Crippen molar-refractivity contribution < 1.29 is 23.9 Å². The van der Waals surface area contributed by atoms with Crippen molar-refractivity contribution in [1.29, 1.82) is 0 Å². The molecule has 0 saturated carbocycles. The molecule has 0 aliphatic carbocycles. The second-order valence-electron chi connectivity index (χ2n) is 6.32. The van der Waals surface area contributed by atoms with Crippen LogP contribution in [0.25, 0.3) is 0 Å². The number of nitrogens with zero attached hydrogens (tertiary/aromatic N) is 1. The van der Waals surface area contributed by atoms with Gasteiger partial charge in [0, 0.05) is 24.4 Å². The Morgan fingerprint density at radius 1 is 1.10 bits per heavy atom. The summed E-state index contributed by atoms with van der Waals surface area (Å²) in [4.78, 5) is 35.0. The van der Waals surface area contributed by atoms with Gasteiger partial charge in [0.15, 0.2) is 6.61 Å². The van der Waals surface area contributed by atoms with Crippen molar-refractivity contribution in [1.82, 2.24) is 10.7 Å². The van der Waals surface area contributed by atoms with Gasteiger partial charge in [-0.15, -0.1) is 0 Å². The first kappa shape index (κ1) is 23.8. The number of rotatable bonds is 9. The fraction of sp³-hybridized carbons (Fsp3) is 0.238. The van der Waals surface area contributed by atoms with Gasteiger partial charge in [0.1, 0.15) is 5.75 Å². The highest BCUT2D eigenvalue weighted by Gasteiger charge is 2.11. The quantitative estimate of drug-likeness (QED) is 0.235. The number of halogens is 1. The van der Waals surface area contributed by atoms with E-state index < -0.39 is 11.8 Å². The number of hydrogen-bond donors (Lipinski definition) is 3. The maximum absolute atomic E-state index is 12.0. The number of methoxy groups -OCH3 is 1. The van der Waals surface area contributed by atoms with Gasteiger partial charge in [0.25, 0.3) is 5.91 Å². The molecular formula is C21H23ClN4O5. The van der Waals surface area contributed by atoms with Crippen molar-refractivity contribution in [2.75, 3.05) is 32.2 Å². The number of amides is 3. The van der Waals surface area contributed by atoms with Crippen LogP contribution in [0.3, 0.4) is 0 Å². The number of hydrogen-bond acceptors (Lipinski definition) is 6. The van der Waals surface area contributed by atoms with Gasteiger partial charge in [-0.05, 0) is 54.4 Å². The van der Waals surface area contributed by atoms with Gasteiger partial charge in [-0.1, -0.05) is 17.7 Å². The number of carbonyl (C=O) groups is 3. The number of benzene rings is 2. The molecule has 0 bridgehead atoms. The number of ether oxygens (including phenoxy) is 2. The van der Waals surface area contributed by atoms with Gasteiger partial charge in [-0.25, -0.2) is 5.43 Å². The lowest BCUT2D eigenvalue weighted by Gasteiger charge is -2.08. The van der Waals surface area contributed by atoms with Crippen LogP contribution in [-0.2, 0) is 19.1 Å². The highest BCUT2D eigenvalue weighted by Crippen LogP contribution is 2.20. The summed E-state index contributed by atoms with van der Waals surface area (Å²) in [6.45, 7) is 2.23. The van der Waals surface area contributed by atoms with E-state index in [0.29, 0.717) is 28.6 Å². The standard InChI is InChI=1S/C21H23ClN4O5/c1-14-3-6-16(11-18(14)22)25-19(27)13-31-17-7-4-15(5-8-17)12-24-26-21(29)20(28)23-9-10-30-2/h3-8,11-12H,9-10,13H2,1-2H3,(H,23,28)(H,25,27)(H,26,29)/b24-12-. The lowest BCUT2D eigenvalue weighted by molar-refractivity contribution is -0.139. The monoisotopic (exact) mass is 446 g/mol.